The Morgan fingerprint density at radius 3 is 2.23 bits per heavy atom. The number of halogens is 1. The van der Waals surface area contributed by atoms with Gasteiger partial charge >= 0.3 is 0 Å². The fourth-order valence-electron chi connectivity index (χ4n) is 12.3. The number of allylic oxidation sites excluding steroid dienone is 2. The molecule has 0 aromatic carbocycles. The molecule has 0 spiro atoms. The molecule has 264 valence electrons. The first-order valence-electron chi connectivity index (χ1n) is 18.1. The number of rotatable bonds is 5. The van der Waals surface area contributed by atoms with Crippen molar-refractivity contribution in [3.63, 3.8) is 0 Å². The number of hydrogen-bond donors (Lipinski definition) is 4. The number of ketones is 2. The molecule has 9 heteroatoms. The third-order valence-corrected chi connectivity index (χ3v) is 15.4. The monoisotopic (exact) mass is 659 g/mol. The SMILES string of the molecule is CC1(C)CC[C@]2(C(=O)[C@@H]3OC(C(=O)NCCF)[C@@H](O)[C@H](O)C3O)CC[C@]3(C)C(=CCC4[C@@]5(C)CCC(=O)C(C)(C)C5CC[C@]43C)C2C1. The Morgan fingerprint density at radius 2 is 1.55 bits per heavy atom. The maximum absolute atomic E-state index is 14.9. The fourth-order valence-corrected chi connectivity index (χ4v) is 12.3. The molecule has 4 N–H and O–H groups in total. The van der Waals surface area contributed by atoms with Gasteiger partial charge in [0.1, 0.15) is 36.9 Å². The van der Waals surface area contributed by atoms with Gasteiger partial charge in [-0.3, -0.25) is 14.4 Å². The normalized spacial score (nSPS) is 48.6. The van der Waals surface area contributed by atoms with E-state index < -0.39 is 48.5 Å². The van der Waals surface area contributed by atoms with Crippen molar-refractivity contribution in [2.45, 2.75) is 143 Å². The van der Waals surface area contributed by atoms with Crippen molar-refractivity contribution in [2.75, 3.05) is 13.2 Å². The number of hydrogen-bond acceptors (Lipinski definition) is 7. The number of aliphatic hydroxyl groups excluding tert-OH is 3. The molecule has 8 nitrogen and oxygen atoms in total. The number of nitrogens with one attached hydrogen (secondary N) is 1. The van der Waals surface area contributed by atoms with E-state index in [-0.39, 0.29) is 45.3 Å². The van der Waals surface area contributed by atoms with Crippen molar-refractivity contribution < 1.29 is 38.8 Å². The van der Waals surface area contributed by atoms with Gasteiger partial charge in [0.15, 0.2) is 11.9 Å². The van der Waals surface area contributed by atoms with Crippen LogP contribution in [-0.4, -0.2) is 76.5 Å². The second kappa shape index (κ2) is 11.4. The summed E-state index contributed by atoms with van der Waals surface area (Å²) in [4.78, 5) is 40.9. The Morgan fingerprint density at radius 1 is 0.894 bits per heavy atom. The number of carbonyl (C=O) groups excluding carboxylic acids is 3. The lowest BCUT2D eigenvalue weighted by Crippen LogP contribution is -2.67. The molecule has 12 atom stereocenters. The summed E-state index contributed by atoms with van der Waals surface area (Å²) in [5.74, 6) is -0.0772. The summed E-state index contributed by atoms with van der Waals surface area (Å²) in [6, 6.07) is 0. The van der Waals surface area contributed by atoms with Crippen LogP contribution in [-0.2, 0) is 19.1 Å². The molecular formula is C38H58FNO7. The summed E-state index contributed by atoms with van der Waals surface area (Å²) < 4.78 is 18.7. The first-order valence-corrected chi connectivity index (χ1v) is 18.1. The summed E-state index contributed by atoms with van der Waals surface area (Å²) in [5.41, 5.74) is 0.00220. The third-order valence-electron chi connectivity index (χ3n) is 15.4. The Hall–Kier alpha value is -1.68. The summed E-state index contributed by atoms with van der Waals surface area (Å²) in [6.45, 7) is 15.1. The van der Waals surface area contributed by atoms with Gasteiger partial charge in [0.25, 0.3) is 5.91 Å². The molecule has 47 heavy (non-hydrogen) atoms. The fraction of sp³-hybridized carbons (Fsp3) is 0.868. The second-order valence-electron chi connectivity index (χ2n) is 18.3. The number of carbonyl (C=O) groups is 3. The maximum Gasteiger partial charge on any atom is 0.252 e. The van der Waals surface area contributed by atoms with Crippen LogP contribution in [0.4, 0.5) is 4.39 Å². The van der Waals surface area contributed by atoms with Crippen molar-refractivity contribution >= 4 is 17.5 Å². The highest BCUT2D eigenvalue weighted by atomic mass is 19.1. The van der Waals surface area contributed by atoms with E-state index in [0.717, 1.165) is 44.9 Å². The number of Topliss-reactive ketones (excluding diaryl/α,β-unsaturated/α-hetero) is 2. The predicted octanol–water partition coefficient (Wildman–Crippen LogP) is 4.86. The van der Waals surface area contributed by atoms with Crippen LogP contribution in [0.25, 0.3) is 0 Å². The van der Waals surface area contributed by atoms with E-state index >= 15 is 0 Å². The molecule has 0 radical (unpaired) electrons. The summed E-state index contributed by atoms with van der Waals surface area (Å²) >= 11 is 0. The van der Waals surface area contributed by atoms with Gasteiger partial charge in [-0.15, -0.1) is 0 Å². The molecule has 5 aliphatic carbocycles. The van der Waals surface area contributed by atoms with Crippen LogP contribution in [0.2, 0.25) is 0 Å². The zero-order valence-electron chi connectivity index (χ0n) is 29.5. The van der Waals surface area contributed by atoms with Crippen molar-refractivity contribution in [3.05, 3.63) is 11.6 Å². The van der Waals surface area contributed by atoms with Gasteiger partial charge in [-0.25, -0.2) is 4.39 Å². The number of ether oxygens (including phenoxy) is 1. The lowest BCUT2D eigenvalue weighted by Gasteiger charge is -2.70. The Balaban J connectivity index is 1.38. The first kappa shape index (κ1) is 35.2. The molecule has 1 aliphatic heterocycles. The van der Waals surface area contributed by atoms with Crippen LogP contribution in [0.15, 0.2) is 11.6 Å². The highest BCUT2D eigenvalue weighted by Gasteiger charge is 2.70. The molecule has 1 saturated heterocycles. The van der Waals surface area contributed by atoms with Gasteiger partial charge in [0, 0.05) is 23.8 Å². The number of amides is 1. The van der Waals surface area contributed by atoms with E-state index in [0.29, 0.717) is 36.9 Å². The molecule has 0 bridgehead atoms. The average molecular weight is 660 g/mol. The van der Waals surface area contributed by atoms with Crippen LogP contribution in [0.3, 0.4) is 0 Å². The van der Waals surface area contributed by atoms with Gasteiger partial charge in [0.2, 0.25) is 0 Å². The zero-order valence-corrected chi connectivity index (χ0v) is 29.5. The summed E-state index contributed by atoms with van der Waals surface area (Å²) in [7, 11) is 0. The first-order chi connectivity index (χ1) is 21.8. The molecular weight excluding hydrogens is 601 g/mol. The topological polar surface area (TPSA) is 133 Å². The van der Waals surface area contributed by atoms with E-state index in [1.54, 1.807) is 0 Å². The van der Waals surface area contributed by atoms with E-state index in [2.05, 4.69) is 59.9 Å². The Bertz CT molecular complexity index is 1340. The zero-order chi connectivity index (χ0) is 34.5. The molecule has 1 heterocycles. The molecule has 4 saturated carbocycles. The standard InChI is InChI=1S/C38H58FNO7/c1-33(2)14-16-38(31(45)29-27(43)26(42)28(44)30(47-29)32(46)40-19-18-39)17-15-36(6)21(22(38)20-33)8-9-24-35(5)12-11-25(41)34(3,4)23(35)10-13-37(24,36)7/h8,22-24,26-30,42-44H,9-20H2,1-7H3,(H,40,46)/t22?,23?,24?,26-,27?,28+,29-,30?,35+,36-,37-,38+/m1/s1. The third kappa shape index (κ3) is 4.90. The van der Waals surface area contributed by atoms with E-state index in [9.17, 15) is 34.1 Å². The van der Waals surface area contributed by atoms with Crippen molar-refractivity contribution in [3.8, 4) is 0 Å². The largest absolute Gasteiger partial charge is 0.387 e. The van der Waals surface area contributed by atoms with Crippen LogP contribution < -0.4 is 5.32 Å². The minimum Gasteiger partial charge on any atom is -0.387 e. The molecule has 1 amide bonds. The van der Waals surface area contributed by atoms with Gasteiger partial charge < -0.3 is 25.4 Å². The minimum atomic E-state index is -1.77. The quantitative estimate of drug-likeness (QED) is 0.310. The Labute approximate surface area is 279 Å². The smallest absolute Gasteiger partial charge is 0.252 e. The van der Waals surface area contributed by atoms with E-state index in [1.807, 2.05) is 0 Å². The van der Waals surface area contributed by atoms with Crippen LogP contribution in [0, 0.1) is 50.2 Å². The molecule has 0 aromatic rings. The molecule has 6 rings (SSSR count). The minimum absolute atomic E-state index is 0.0147. The predicted molar refractivity (Wildman–Crippen MR) is 175 cm³/mol. The van der Waals surface area contributed by atoms with Gasteiger partial charge in [-0.2, -0.15) is 0 Å². The van der Waals surface area contributed by atoms with Crippen LogP contribution >= 0.6 is 0 Å². The van der Waals surface area contributed by atoms with Crippen LogP contribution in [0.1, 0.15) is 113 Å². The van der Waals surface area contributed by atoms with E-state index in [1.165, 1.54) is 5.57 Å². The lowest BCUT2D eigenvalue weighted by atomic mass is 9.33. The highest BCUT2D eigenvalue weighted by molar-refractivity contribution is 5.92. The van der Waals surface area contributed by atoms with Gasteiger partial charge in [-0.05, 0) is 97.2 Å². The van der Waals surface area contributed by atoms with Crippen molar-refractivity contribution in [1.82, 2.24) is 5.32 Å². The number of fused-ring (bicyclic) bond motifs is 7. The highest BCUT2D eigenvalue weighted by Crippen LogP contribution is 2.75. The Kier molecular flexibility index (Phi) is 8.55. The van der Waals surface area contributed by atoms with Crippen molar-refractivity contribution in [1.29, 1.82) is 0 Å². The number of aliphatic hydroxyl groups is 3. The molecule has 5 unspecified atom stereocenters. The second-order valence-corrected chi connectivity index (χ2v) is 18.3. The number of alkyl halides is 1. The van der Waals surface area contributed by atoms with Crippen molar-refractivity contribution in [2.24, 2.45) is 50.2 Å². The summed E-state index contributed by atoms with van der Waals surface area (Å²) in [6.07, 6.45) is 2.27. The van der Waals surface area contributed by atoms with Gasteiger partial charge in [-0.1, -0.05) is 60.1 Å². The molecule has 5 fully saturated rings. The van der Waals surface area contributed by atoms with E-state index in [4.69, 9.17) is 4.74 Å². The average Bonchev–Trinajstić information content (AvgIpc) is 3.00. The molecule has 6 aliphatic rings. The lowest BCUT2D eigenvalue weighted by molar-refractivity contribution is -0.226. The molecule has 0 aromatic heterocycles. The van der Waals surface area contributed by atoms with Gasteiger partial charge in [0.05, 0.1) is 0 Å². The summed E-state index contributed by atoms with van der Waals surface area (Å²) in [5, 5.41) is 35.0. The van der Waals surface area contributed by atoms with Crippen LogP contribution in [0.5, 0.6) is 0 Å². The maximum atomic E-state index is 14.9.